The summed E-state index contributed by atoms with van der Waals surface area (Å²) in [6, 6.07) is 3.21. The molecule has 0 aliphatic rings. The second-order valence-electron chi connectivity index (χ2n) is 3.07. The summed E-state index contributed by atoms with van der Waals surface area (Å²) in [6.07, 6.45) is 1.51. The van der Waals surface area contributed by atoms with Crippen LogP contribution in [0.5, 0.6) is 0 Å². The number of furan rings is 1. The second-order valence-corrected chi connectivity index (χ2v) is 3.07. The molecule has 0 saturated carbocycles. The zero-order valence-electron chi connectivity index (χ0n) is 8.48. The summed E-state index contributed by atoms with van der Waals surface area (Å²) >= 11 is 0. The fourth-order valence-corrected chi connectivity index (χ4v) is 1.20. The van der Waals surface area contributed by atoms with Crippen LogP contribution >= 0.6 is 0 Å². The highest BCUT2D eigenvalue weighted by molar-refractivity contribution is 5.93. The topological polar surface area (TPSA) is 81.5 Å². The zero-order chi connectivity index (χ0) is 11.5. The molecular weight excluding hydrogens is 214 g/mol. The van der Waals surface area contributed by atoms with Gasteiger partial charge in [-0.2, -0.15) is 0 Å². The van der Waals surface area contributed by atoms with Crippen LogP contribution in [0.2, 0.25) is 0 Å². The van der Waals surface area contributed by atoms with E-state index in [1.165, 1.54) is 19.3 Å². The number of nitrogens with one attached hydrogen (secondary N) is 1. The number of aromatic nitrogens is 1. The average molecular weight is 225 g/mol. The van der Waals surface area contributed by atoms with Gasteiger partial charge in [-0.25, -0.2) is 4.79 Å². The van der Waals surface area contributed by atoms with Gasteiger partial charge in [0.2, 0.25) is 6.79 Å². The van der Waals surface area contributed by atoms with Crippen LogP contribution in [0.25, 0.3) is 11.1 Å². The van der Waals surface area contributed by atoms with E-state index in [4.69, 9.17) is 4.42 Å². The van der Waals surface area contributed by atoms with Crippen molar-refractivity contribution in [2.45, 2.75) is 6.92 Å². The van der Waals surface area contributed by atoms with Crippen molar-refractivity contribution in [3.63, 3.8) is 0 Å². The Morgan fingerprint density at radius 2 is 2.31 bits per heavy atom. The summed E-state index contributed by atoms with van der Waals surface area (Å²) in [7, 11) is 0. The van der Waals surface area contributed by atoms with E-state index in [0.717, 1.165) is 0 Å². The molecule has 0 atom stereocenters. The predicted octanol–water partition coefficient (Wildman–Crippen LogP) is 1.68. The lowest BCUT2D eigenvalue weighted by atomic mass is 10.4. The smallest absolute Gasteiger partial charge is 0.357 e. The highest BCUT2D eigenvalue weighted by Gasteiger charge is 2.12. The maximum Gasteiger partial charge on any atom is 0.357 e. The van der Waals surface area contributed by atoms with Gasteiger partial charge in [-0.3, -0.25) is 4.79 Å². The van der Waals surface area contributed by atoms with Crippen molar-refractivity contribution in [2.75, 3.05) is 6.79 Å². The van der Waals surface area contributed by atoms with E-state index in [0.29, 0.717) is 11.1 Å². The van der Waals surface area contributed by atoms with Crippen LogP contribution in [0, 0.1) is 0 Å². The molecule has 16 heavy (non-hydrogen) atoms. The zero-order valence-corrected chi connectivity index (χ0v) is 8.48. The number of hydrogen-bond donors (Lipinski definition) is 1. The molecule has 0 spiro atoms. The number of H-pyrrole nitrogens is 1. The van der Waals surface area contributed by atoms with Crippen molar-refractivity contribution in [2.24, 2.45) is 0 Å². The Labute approximate surface area is 91.6 Å². The Kier molecular flexibility index (Phi) is 2.63. The van der Waals surface area contributed by atoms with Crippen LogP contribution in [0.1, 0.15) is 18.8 Å². The van der Waals surface area contributed by atoms with Crippen LogP contribution < -0.4 is 0 Å². The normalized spacial score (nSPS) is 10.3. The minimum absolute atomic E-state index is 0. The Balaban J connectivity index is 0.00000144. The molecule has 0 radical (unpaired) electrons. The van der Waals surface area contributed by atoms with E-state index < -0.39 is 18.7 Å². The summed E-state index contributed by atoms with van der Waals surface area (Å²) in [6.45, 7) is 0.838. The lowest BCUT2D eigenvalue weighted by Gasteiger charge is -2.02. The number of aromatic amines is 1. The first-order chi connectivity index (χ1) is 7.66. The summed E-state index contributed by atoms with van der Waals surface area (Å²) < 4.78 is 14.2. The van der Waals surface area contributed by atoms with Gasteiger partial charge in [0.15, 0.2) is 5.58 Å². The fraction of sp³-hybridized carbons (Fsp3) is 0.200. The number of carbonyl (C=O) groups excluding carboxylic acids is 2. The standard InChI is InChI=1S/C10H9NO5.H2/c1-6(12)15-5-16-10(13)8-4-9-7(11-8)2-3-14-9;/h2-4,11H,5H2,1H3;1H. The van der Waals surface area contributed by atoms with E-state index in [1.807, 2.05) is 0 Å². The molecule has 1 N–H and O–H groups in total. The molecule has 2 rings (SSSR count). The van der Waals surface area contributed by atoms with Crippen molar-refractivity contribution in [1.82, 2.24) is 4.98 Å². The van der Waals surface area contributed by atoms with Crippen LogP contribution in [0.4, 0.5) is 0 Å². The first kappa shape index (κ1) is 10.3. The van der Waals surface area contributed by atoms with Crippen LogP contribution in [0.3, 0.4) is 0 Å². The van der Waals surface area contributed by atoms with Crippen LogP contribution in [-0.2, 0) is 14.3 Å². The SMILES string of the molecule is CC(=O)OCOC(=O)c1cc2occc2[nH]1.[HH]. The van der Waals surface area contributed by atoms with E-state index in [2.05, 4.69) is 14.5 Å². The van der Waals surface area contributed by atoms with Gasteiger partial charge in [0.1, 0.15) is 5.69 Å². The molecule has 0 fully saturated rings. The van der Waals surface area contributed by atoms with Crippen molar-refractivity contribution in [3.05, 3.63) is 24.1 Å². The van der Waals surface area contributed by atoms with E-state index in [9.17, 15) is 9.59 Å². The molecule has 6 nitrogen and oxygen atoms in total. The molecule has 0 aliphatic heterocycles. The highest BCUT2D eigenvalue weighted by Crippen LogP contribution is 2.16. The number of esters is 2. The Bertz CT molecular complexity index is 501. The summed E-state index contributed by atoms with van der Waals surface area (Å²) in [5.41, 5.74) is 1.53. The van der Waals surface area contributed by atoms with E-state index in [-0.39, 0.29) is 7.12 Å². The molecule has 2 heterocycles. The Hall–Kier alpha value is -2.24. The van der Waals surface area contributed by atoms with Crippen molar-refractivity contribution in [3.8, 4) is 0 Å². The van der Waals surface area contributed by atoms with Gasteiger partial charge < -0.3 is 18.9 Å². The molecule has 86 valence electrons. The molecule has 0 unspecified atom stereocenters. The minimum Gasteiger partial charge on any atom is -0.463 e. The van der Waals surface area contributed by atoms with Gasteiger partial charge in [0.05, 0.1) is 11.8 Å². The third-order valence-electron chi connectivity index (χ3n) is 1.91. The monoisotopic (exact) mass is 225 g/mol. The van der Waals surface area contributed by atoms with Gasteiger partial charge in [-0.05, 0) is 0 Å². The van der Waals surface area contributed by atoms with Gasteiger partial charge in [0, 0.05) is 20.5 Å². The molecule has 0 bridgehead atoms. The minimum atomic E-state index is -0.604. The molecule has 0 amide bonds. The number of rotatable bonds is 3. The lowest BCUT2D eigenvalue weighted by molar-refractivity contribution is -0.149. The first-order valence-corrected chi connectivity index (χ1v) is 4.53. The van der Waals surface area contributed by atoms with Gasteiger partial charge in [-0.1, -0.05) is 0 Å². The summed E-state index contributed by atoms with van der Waals surface area (Å²) in [5.74, 6) is -1.11. The van der Waals surface area contributed by atoms with Crippen molar-refractivity contribution in [1.29, 1.82) is 0 Å². The lowest BCUT2D eigenvalue weighted by Crippen LogP contribution is -2.11. The maximum absolute atomic E-state index is 11.4. The number of hydrogen-bond acceptors (Lipinski definition) is 5. The summed E-state index contributed by atoms with van der Waals surface area (Å²) in [4.78, 5) is 24.6. The average Bonchev–Trinajstić information content (AvgIpc) is 2.75. The van der Waals surface area contributed by atoms with Crippen LogP contribution in [0.15, 0.2) is 22.8 Å². The first-order valence-electron chi connectivity index (χ1n) is 4.53. The third kappa shape index (κ3) is 2.05. The van der Waals surface area contributed by atoms with Gasteiger partial charge in [-0.15, -0.1) is 0 Å². The Morgan fingerprint density at radius 3 is 3.00 bits per heavy atom. The number of fused-ring (bicyclic) bond motifs is 1. The molecule has 0 aliphatic carbocycles. The maximum atomic E-state index is 11.4. The number of ether oxygens (including phenoxy) is 2. The third-order valence-corrected chi connectivity index (χ3v) is 1.91. The van der Waals surface area contributed by atoms with Crippen molar-refractivity contribution < 1.29 is 24.9 Å². The number of carbonyl (C=O) groups is 2. The molecule has 6 heteroatoms. The van der Waals surface area contributed by atoms with Gasteiger partial charge in [0.25, 0.3) is 0 Å². The molecule has 2 aromatic heterocycles. The highest BCUT2D eigenvalue weighted by atomic mass is 16.7. The molecule has 2 aromatic rings. The van der Waals surface area contributed by atoms with Gasteiger partial charge >= 0.3 is 11.9 Å². The quantitative estimate of drug-likeness (QED) is 0.634. The van der Waals surface area contributed by atoms with Crippen LogP contribution in [-0.4, -0.2) is 23.7 Å². The summed E-state index contributed by atoms with van der Waals surface area (Å²) in [5, 5.41) is 0. The van der Waals surface area contributed by atoms with Crippen molar-refractivity contribution >= 4 is 23.0 Å². The van der Waals surface area contributed by atoms with E-state index in [1.54, 1.807) is 6.07 Å². The Morgan fingerprint density at radius 1 is 1.50 bits per heavy atom. The van der Waals surface area contributed by atoms with E-state index >= 15 is 0 Å². The fourth-order valence-electron chi connectivity index (χ4n) is 1.20. The largest absolute Gasteiger partial charge is 0.463 e. The second kappa shape index (κ2) is 4.09. The molecule has 0 aromatic carbocycles. The molecular formula is C10H11NO5. The predicted molar refractivity (Wildman–Crippen MR) is 54.7 cm³/mol. The molecule has 0 saturated heterocycles.